The first kappa shape index (κ1) is 20.7. The van der Waals surface area contributed by atoms with Gasteiger partial charge in [-0.05, 0) is 41.5 Å². The fraction of sp³-hybridized carbons (Fsp3) is 0.320. The van der Waals surface area contributed by atoms with Crippen LogP contribution in [0.4, 0.5) is 0 Å². The molecule has 6 nitrogen and oxygen atoms in total. The van der Waals surface area contributed by atoms with Crippen LogP contribution in [0.3, 0.4) is 0 Å². The number of carbonyl (C=O) groups excluding carboxylic acids is 1. The average molecular weight is 448 g/mol. The maximum Gasteiger partial charge on any atom is 0.166 e. The predicted molar refractivity (Wildman–Crippen MR) is 125 cm³/mol. The van der Waals surface area contributed by atoms with Crippen LogP contribution in [0.25, 0.3) is 16.8 Å². The minimum absolute atomic E-state index is 0.133. The van der Waals surface area contributed by atoms with Crippen LogP contribution < -0.4 is 9.47 Å². The number of thiophene rings is 1. The number of ketones is 1. The minimum atomic E-state index is 0.133. The summed E-state index contributed by atoms with van der Waals surface area (Å²) in [6, 6.07) is 10.0. The summed E-state index contributed by atoms with van der Waals surface area (Å²) in [6.07, 6.45) is 3.01. The summed E-state index contributed by atoms with van der Waals surface area (Å²) in [5, 5.41) is 7.05. The van der Waals surface area contributed by atoms with Gasteiger partial charge in [0.1, 0.15) is 0 Å². The highest BCUT2D eigenvalue weighted by Crippen LogP contribution is 2.40. The Bertz CT molecular complexity index is 1310. The van der Waals surface area contributed by atoms with Gasteiger partial charge in [0.2, 0.25) is 0 Å². The molecular formula is C25H25N3O3S. The molecule has 0 N–H and O–H groups in total. The van der Waals surface area contributed by atoms with Crippen molar-refractivity contribution in [2.45, 2.75) is 38.5 Å². The zero-order valence-corrected chi connectivity index (χ0v) is 19.4. The van der Waals surface area contributed by atoms with Crippen molar-refractivity contribution >= 4 is 22.8 Å². The summed E-state index contributed by atoms with van der Waals surface area (Å²) in [6.45, 7) is 4.25. The molecule has 0 unspecified atom stereocenters. The van der Waals surface area contributed by atoms with Gasteiger partial charge in [-0.3, -0.25) is 4.79 Å². The van der Waals surface area contributed by atoms with Gasteiger partial charge in [-0.2, -0.15) is 5.10 Å². The normalized spacial score (nSPS) is 15.9. The van der Waals surface area contributed by atoms with E-state index < -0.39 is 0 Å². The molecule has 164 valence electrons. The maximum atomic E-state index is 13.0. The molecule has 0 aliphatic heterocycles. The Labute approximate surface area is 190 Å². The molecule has 0 bridgehead atoms. The lowest BCUT2D eigenvalue weighted by Crippen LogP contribution is -2.22. The van der Waals surface area contributed by atoms with E-state index in [1.807, 2.05) is 28.8 Å². The molecule has 3 aromatic heterocycles. The molecule has 0 amide bonds. The maximum absolute atomic E-state index is 13.0. The van der Waals surface area contributed by atoms with Crippen molar-refractivity contribution in [2.24, 2.45) is 0 Å². The number of carbonyl (C=O) groups is 1. The number of hydrogen-bond donors (Lipinski definition) is 0. The highest BCUT2D eigenvalue weighted by molar-refractivity contribution is 7.10. The lowest BCUT2D eigenvalue weighted by Gasteiger charge is -2.23. The van der Waals surface area contributed by atoms with Crippen molar-refractivity contribution < 1.29 is 14.3 Å². The molecule has 0 radical (unpaired) electrons. The van der Waals surface area contributed by atoms with Crippen molar-refractivity contribution in [1.29, 1.82) is 0 Å². The standard InChI is InChI=1S/C25H25N3O3S/c1-14(2)24-23(15-7-8-20(30-3)21(12-15)31-4)25-26-13-17-18(28(25)27-24)10-16(11-19(17)29)22-6-5-9-32-22/h5-9,12-14,16H,10-11H2,1-4H3/t16-/m0/s1. The second-order valence-electron chi connectivity index (χ2n) is 8.38. The van der Waals surface area contributed by atoms with E-state index in [1.165, 1.54) is 4.88 Å². The molecule has 3 heterocycles. The van der Waals surface area contributed by atoms with Crippen LogP contribution in [0.15, 0.2) is 41.9 Å². The number of fused-ring (bicyclic) bond motifs is 3. The second-order valence-corrected chi connectivity index (χ2v) is 9.36. The van der Waals surface area contributed by atoms with Crippen LogP contribution in [0.1, 0.15) is 58.7 Å². The van der Waals surface area contributed by atoms with E-state index in [2.05, 4.69) is 25.3 Å². The highest BCUT2D eigenvalue weighted by Gasteiger charge is 2.31. The molecule has 0 saturated heterocycles. The van der Waals surface area contributed by atoms with Crippen molar-refractivity contribution in [1.82, 2.24) is 14.6 Å². The van der Waals surface area contributed by atoms with E-state index in [0.717, 1.165) is 34.6 Å². The first-order valence-corrected chi connectivity index (χ1v) is 11.6. The lowest BCUT2D eigenvalue weighted by atomic mass is 9.85. The van der Waals surface area contributed by atoms with Gasteiger partial charge in [0.15, 0.2) is 22.9 Å². The summed E-state index contributed by atoms with van der Waals surface area (Å²) in [5.74, 6) is 1.83. The SMILES string of the molecule is COc1ccc(-c2c(C(C)C)nn3c4c(cnc23)C(=O)C[C@@H](c2cccs2)C4)cc1OC. The van der Waals surface area contributed by atoms with E-state index in [9.17, 15) is 4.79 Å². The Morgan fingerprint density at radius 3 is 2.62 bits per heavy atom. The van der Waals surface area contributed by atoms with Crippen LogP contribution in [-0.2, 0) is 6.42 Å². The summed E-state index contributed by atoms with van der Waals surface area (Å²) in [7, 11) is 3.26. The number of benzene rings is 1. The van der Waals surface area contributed by atoms with Crippen LogP contribution in [0.2, 0.25) is 0 Å². The summed E-state index contributed by atoms with van der Waals surface area (Å²) in [5.41, 5.74) is 5.27. The van der Waals surface area contributed by atoms with E-state index in [4.69, 9.17) is 19.6 Å². The van der Waals surface area contributed by atoms with Gasteiger partial charge >= 0.3 is 0 Å². The number of rotatable bonds is 5. The third-order valence-corrected chi connectivity index (χ3v) is 7.14. The number of nitrogens with zero attached hydrogens (tertiary/aromatic N) is 3. The number of Topliss-reactive ketones (excluding diaryl/α,β-unsaturated/α-hetero) is 1. The molecule has 1 atom stereocenters. The average Bonchev–Trinajstić information content (AvgIpc) is 3.47. The molecule has 4 aromatic rings. The fourth-order valence-corrected chi connectivity index (χ4v) is 5.34. The Morgan fingerprint density at radius 1 is 1.12 bits per heavy atom. The Hall–Kier alpha value is -3.19. The van der Waals surface area contributed by atoms with Gasteiger partial charge in [-0.15, -0.1) is 11.3 Å². The third-order valence-electron chi connectivity index (χ3n) is 6.11. The van der Waals surface area contributed by atoms with Gasteiger partial charge in [-0.1, -0.05) is 26.0 Å². The molecule has 1 aliphatic rings. The van der Waals surface area contributed by atoms with Gasteiger partial charge in [0.25, 0.3) is 0 Å². The first-order chi connectivity index (χ1) is 15.5. The fourth-order valence-electron chi connectivity index (χ4n) is 4.51. The zero-order valence-electron chi connectivity index (χ0n) is 18.6. The Balaban J connectivity index is 1.72. The second kappa shape index (κ2) is 8.06. The molecule has 0 spiro atoms. The van der Waals surface area contributed by atoms with Crippen molar-refractivity contribution in [3.63, 3.8) is 0 Å². The topological polar surface area (TPSA) is 65.7 Å². The van der Waals surface area contributed by atoms with E-state index in [1.54, 1.807) is 31.8 Å². The van der Waals surface area contributed by atoms with Crippen molar-refractivity contribution in [3.05, 3.63) is 63.7 Å². The quantitative estimate of drug-likeness (QED) is 0.404. The largest absolute Gasteiger partial charge is 0.493 e. The molecular weight excluding hydrogens is 422 g/mol. The van der Waals surface area contributed by atoms with Gasteiger partial charge in [0.05, 0.1) is 36.7 Å². The Kier molecular flexibility index (Phi) is 5.21. The van der Waals surface area contributed by atoms with E-state index in [0.29, 0.717) is 23.5 Å². The van der Waals surface area contributed by atoms with Gasteiger partial charge in [0, 0.05) is 23.4 Å². The Morgan fingerprint density at radius 2 is 1.94 bits per heavy atom. The minimum Gasteiger partial charge on any atom is -0.493 e. The molecule has 32 heavy (non-hydrogen) atoms. The van der Waals surface area contributed by atoms with Crippen molar-refractivity contribution in [3.8, 4) is 22.6 Å². The smallest absolute Gasteiger partial charge is 0.166 e. The van der Waals surface area contributed by atoms with Crippen LogP contribution in [0, 0.1) is 0 Å². The molecule has 0 saturated carbocycles. The predicted octanol–water partition coefficient (Wildman–Crippen LogP) is 5.51. The zero-order chi connectivity index (χ0) is 22.4. The summed E-state index contributed by atoms with van der Waals surface area (Å²) >= 11 is 1.71. The van der Waals surface area contributed by atoms with Crippen molar-refractivity contribution in [2.75, 3.05) is 14.2 Å². The third kappa shape index (κ3) is 3.28. The summed E-state index contributed by atoms with van der Waals surface area (Å²) < 4.78 is 12.8. The molecule has 1 aliphatic carbocycles. The van der Waals surface area contributed by atoms with Crippen LogP contribution >= 0.6 is 11.3 Å². The molecule has 0 fully saturated rings. The van der Waals surface area contributed by atoms with E-state index >= 15 is 0 Å². The molecule has 1 aromatic carbocycles. The van der Waals surface area contributed by atoms with Crippen LogP contribution in [0.5, 0.6) is 11.5 Å². The monoisotopic (exact) mass is 447 g/mol. The van der Waals surface area contributed by atoms with Crippen LogP contribution in [-0.4, -0.2) is 34.6 Å². The molecule has 7 heteroatoms. The lowest BCUT2D eigenvalue weighted by molar-refractivity contribution is 0.0962. The number of ether oxygens (including phenoxy) is 2. The van der Waals surface area contributed by atoms with E-state index in [-0.39, 0.29) is 17.6 Å². The first-order valence-electron chi connectivity index (χ1n) is 10.7. The van der Waals surface area contributed by atoms with Gasteiger partial charge in [-0.25, -0.2) is 9.50 Å². The molecule has 5 rings (SSSR count). The number of hydrogen-bond acceptors (Lipinski definition) is 6. The highest BCUT2D eigenvalue weighted by atomic mass is 32.1. The number of methoxy groups -OCH3 is 2. The number of aromatic nitrogens is 3. The summed E-state index contributed by atoms with van der Waals surface area (Å²) in [4.78, 5) is 18.9. The van der Waals surface area contributed by atoms with Gasteiger partial charge < -0.3 is 9.47 Å².